The molecule has 0 bridgehead atoms. The summed E-state index contributed by atoms with van der Waals surface area (Å²) in [5, 5.41) is 6.82. The summed E-state index contributed by atoms with van der Waals surface area (Å²) in [6.45, 7) is 0.405. The largest absolute Gasteiger partial charge is 0.493 e. The van der Waals surface area contributed by atoms with Crippen molar-refractivity contribution in [1.29, 1.82) is 0 Å². The minimum atomic E-state index is -0.186. The van der Waals surface area contributed by atoms with Gasteiger partial charge in [0.15, 0.2) is 11.5 Å². The lowest BCUT2D eigenvalue weighted by Crippen LogP contribution is -2.16. The first-order valence-corrected chi connectivity index (χ1v) is 8.52. The number of rotatable bonds is 8. The van der Waals surface area contributed by atoms with Crippen LogP contribution in [0.3, 0.4) is 0 Å². The van der Waals surface area contributed by atoms with Crippen LogP contribution in [0.25, 0.3) is 0 Å². The van der Waals surface area contributed by atoms with Crippen LogP contribution in [0.1, 0.15) is 6.42 Å². The van der Waals surface area contributed by atoms with Gasteiger partial charge in [-0.05, 0) is 18.2 Å². The number of amides is 1. The number of nitrogens with one attached hydrogen (secondary N) is 2. The molecule has 26 heavy (non-hydrogen) atoms. The van der Waals surface area contributed by atoms with Gasteiger partial charge in [-0.3, -0.25) is 4.79 Å². The lowest BCUT2D eigenvalue weighted by atomic mass is 10.2. The molecule has 0 saturated heterocycles. The summed E-state index contributed by atoms with van der Waals surface area (Å²) in [7, 11) is 4.63. The normalized spacial score (nSPS) is 10.2. The van der Waals surface area contributed by atoms with Crippen LogP contribution in [-0.2, 0) is 4.79 Å². The highest BCUT2D eigenvalue weighted by atomic mass is 35.5. The Kier molecular flexibility index (Phi) is 7.24. The molecule has 2 N–H and O–H groups in total. The van der Waals surface area contributed by atoms with Crippen molar-refractivity contribution in [2.45, 2.75) is 6.42 Å². The predicted molar refractivity (Wildman–Crippen MR) is 104 cm³/mol. The minimum Gasteiger partial charge on any atom is -0.493 e. The third kappa shape index (κ3) is 5.09. The maximum absolute atomic E-state index is 12.1. The third-order valence-corrected chi connectivity index (χ3v) is 4.11. The van der Waals surface area contributed by atoms with Crippen molar-refractivity contribution >= 4 is 40.5 Å². The molecule has 1 amide bonds. The molecule has 6 nitrogen and oxygen atoms in total. The average Bonchev–Trinajstić information content (AvgIpc) is 2.63. The fourth-order valence-corrected chi connectivity index (χ4v) is 2.65. The number of hydrogen-bond acceptors (Lipinski definition) is 5. The molecule has 0 aliphatic heterocycles. The van der Waals surface area contributed by atoms with E-state index in [1.165, 1.54) is 0 Å². The van der Waals surface area contributed by atoms with Crippen molar-refractivity contribution in [3.8, 4) is 17.2 Å². The van der Waals surface area contributed by atoms with Crippen LogP contribution in [0, 0.1) is 0 Å². The van der Waals surface area contributed by atoms with E-state index in [-0.39, 0.29) is 12.3 Å². The number of carbonyl (C=O) groups excluding carboxylic acids is 1. The summed E-state index contributed by atoms with van der Waals surface area (Å²) in [5.41, 5.74) is 1.23. The molecular formula is C18H20Cl2N2O4. The highest BCUT2D eigenvalue weighted by Gasteiger charge is 2.13. The van der Waals surface area contributed by atoms with Crippen LogP contribution in [0.4, 0.5) is 11.4 Å². The number of ether oxygens (including phenoxy) is 3. The summed E-state index contributed by atoms with van der Waals surface area (Å²) < 4.78 is 15.9. The maximum atomic E-state index is 12.1. The first-order chi connectivity index (χ1) is 12.5. The molecular weight excluding hydrogens is 379 g/mol. The fraction of sp³-hybridized carbons (Fsp3) is 0.278. The molecule has 0 unspecified atom stereocenters. The molecule has 2 aromatic carbocycles. The zero-order valence-electron chi connectivity index (χ0n) is 14.7. The Bertz CT molecular complexity index is 759. The summed E-state index contributed by atoms with van der Waals surface area (Å²) in [5.74, 6) is 1.39. The Hall–Kier alpha value is -2.31. The molecule has 0 aliphatic carbocycles. The van der Waals surface area contributed by atoms with Crippen molar-refractivity contribution in [3.63, 3.8) is 0 Å². The topological polar surface area (TPSA) is 68.8 Å². The van der Waals surface area contributed by atoms with E-state index in [0.29, 0.717) is 39.5 Å². The fourth-order valence-electron chi connectivity index (χ4n) is 2.31. The van der Waals surface area contributed by atoms with Gasteiger partial charge in [-0.25, -0.2) is 0 Å². The smallest absolute Gasteiger partial charge is 0.226 e. The van der Waals surface area contributed by atoms with Gasteiger partial charge in [0.1, 0.15) is 0 Å². The lowest BCUT2D eigenvalue weighted by molar-refractivity contribution is -0.115. The Morgan fingerprint density at radius 2 is 1.65 bits per heavy atom. The number of carbonyl (C=O) groups is 1. The highest BCUT2D eigenvalue weighted by molar-refractivity contribution is 6.35. The van der Waals surface area contributed by atoms with Crippen molar-refractivity contribution in [3.05, 3.63) is 40.4 Å². The van der Waals surface area contributed by atoms with Gasteiger partial charge in [-0.1, -0.05) is 23.2 Å². The summed E-state index contributed by atoms with van der Waals surface area (Å²) >= 11 is 11.9. The van der Waals surface area contributed by atoms with Gasteiger partial charge in [0.05, 0.1) is 32.0 Å². The first-order valence-electron chi connectivity index (χ1n) is 7.77. The number of methoxy groups -OCH3 is 3. The predicted octanol–water partition coefficient (Wildman–Crippen LogP) is 4.46. The SMILES string of the molecule is COc1cc(NCCC(=O)Nc2cc(Cl)ccc2Cl)cc(OC)c1OC. The van der Waals surface area contributed by atoms with Gasteiger partial charge >= 0.3 is 0 Å². The van der Waals surface area contributed by atoms with Crippen molar-refractivity contribution in [2.75, 3.05) is 38.5 Å². The third-order valence-electron chi connectivity index (χ3n) is 3.55. The molecule has 0 aliphatic rings. The maximum Gasteiger partial charge on any atom is 0.226 e. The van der Waals surface area contributed by atoms with Crippen LogP contribution in [-0.4, -0.2) is 33.8 Å². The highest BCUT2D eigenvalue weighted by Crippen LogP contribution is 2.39. The number of anilines is 2. The van der Waals surface area contributed by atoms with Gasteiger partial charge in [0.2, 0.25) is 11.7 Å². The monoisotopic (exact) mass is 398 g/mol. The van der Waals surface area contributed by atoms with Crippen molar-refractivity contribution in [1.82, 2.24) is 0 Å². The molecule has 8 heteroatoms. The summed E-state index contributed by atoms with van der Waals surface area (Å²) in [6.07, 6.45) is 0.236. The van der Waals surface area contributed by atoms with Gasteiger partial charge < -0.3 is 24.8 Å². The molecule has 0 saturated carbocycles. The molecule has 0 spiro atoms. The second-order valence-electron chi connectivity index (χ2n) is 5.26. The number of benzene rings is 2. The Balaban J connectivity index is 1.96. The van der Waals surface area contributed by atoms with E-state index in [2.05, 4.69) is 10.6 Å². The van der Waals surface area contributed by atoms with Gasteiger partial charge in [-0.15, -0.1) is 0 Å². The molecule has 140 valence electrons. The number of hydrogen-bond donors (Lipinski definition) is 2. The Labute approximate surface area is 162 Å². The van der Waals surface area contributed by atoms with E-state index < -0.39 is 0 Å². The molecule has 0 fully saturated rings. The van der Waals surface area contributed by atoms with Gasteiger partial charge in [0.25, 0.3) is 0 Å². The van der Waals surface area contributed by atoms with E-state index in [0.717, 1.165) is 5.69 Å². The van der Waals surface area contributed by atoms with Crippen LogP contribution in [0.15, 0.2) is 30.3 Å². The van der Waals surface area contributed by atoms with Gasteiger partial charge in [0, 0.05) is 35.8 Å². The van der Waals surface area contributed by atoms with E-state index >= 15 is 0 Å². The van der Waals surface area contributed by atoms with Crippen LogP contribution in [0.5, 0.6) is 17.2 Å². The minimum absolute atomic E-state index is 0.186. The molecule has 0 radical (unpaired) electrons. The standard InChI is InChI=1S/C18H20Cl2N2O4/c1-24-15-9-12(10-16(25-2)18(15)26-3)21-7-6-17(23)22-14-8-11(19)4-5-13(14)20/h4-5,8-10,21H,6-7H2,1-3H3,(H,22,23). The van der Waals surface area contributed by atoms with Crippen molar-refractivity contribution in [2.24, 2.45) is 0 Å². The first kappa shape index (κ1) is 20.0. The average molecular weight is 399 g/mol. The second kappa shape index (κ2) is 9.40. The van der Waals surface area contributed by atoms with E-state index in [1.807, 2.05) is 0 Å². The van der Waals surface area contributed by atoms with Gasteiger partial charge in [-0.2, -0.15) is 0 Å². The Morgan fingerprint density at radius 3 is 2.23 bits per heavy atom. The molecule has 0 heterocycles. The van der Waals surface area contributed by atoms with E-state index in [4.69, 9.17) is 37.4 Å². The van der Waals surface area contributed by atoms with Crippen molar-refractivity contribution < 1.29 is 19.0 Å². The van der Waals surface area contributed by atoms with Crippen LogP contribution in [0.2, 0.25) is 10.0 Å². The molecule has 0 atom stereocenters. The number of halogens is 2. The summed E-state index contributed by atoms with van der Waals surface area (Å²) in [6, 6.07) is 8.44. The Morgan fingerprint density at radius 1 is 1.00 bits per heavy atom. The lowest BCUT2D eigenvalue weighted by Gasteiger charge is -2.15. The molecule has 0 aromatic heterocycles. The van der Waals surface area contributed by atoms with E-state index in [9.17, 15) is 4.79 Å². The van der Waals surface area contributed by atoms with E-state index in [1.54, 1.807) is 51.7 Å². The second-order valence-corrected chi connectivity index (χ2v) is 6.11. The van der Waals surface area contributed by atoms with Crippen LogP contribution < -0.4 is 24.8 Å². The van der Waals surface area contributed by atoms with Crippen LogP contribution >= 0.6 is 23.2 Å². The summed E-state index contributed by atoms with van der Waals surface area (Å²) in [4.78, 5) is 12.1. The molecule has 2 rings (SSSR count). The zero-order chi connectivity index (χ0) is 19.1. The zero-order valence-corrected chi connectivity index (χ0v) is 16.2. The molecule has 2 aromatic rings. The quantitative estimate of drug-likeness (QED) is 0.686.